The minimum absolute atomic E-state index is 0.299. The summed E-state index contributed by atoms with van der Waals surface area (Å²) in [6, 6.07) is 4.05. The Balaban J connectivity index is 2.63. The molecule has 0 amide bonds. The first-order valence-electron chi connectivity index (χ1n) is 3.79. The molecule has 0 bridgehead atoms. The van der Waals surface area contributed by atoms with Gasteiger partial charge in [0.15, 0.2) is 0 Å². The summed E-state index contributed by atoms with van der Waals surface area (Å²) in [7, 11) is 0. The van der Waals surface area contributed by atoms with Crippen LogP contribution >= 0.6 is 11.3 Å². The standard InChI is InChI=1S/C9H12FNS/c1-7-2-3-9(12-7)4-8(5-10)6-11/h2-3,5H,4,6,11H2,1H3. The number of hydrogen-bond donors (Lipinski definition) is 1. The minimum atomic E-state index is 0.299. The van der Waals surface area contributed by atoms with E-state index in [1.807, 2.05) is 19.1 Å². The second kappa shape index (κ2) is 4.38. The van der Waals surface area contributed by atoms with Crippen molar-refractivity contribution in [3.05, 3.63) is 33.8 Å². The number of rotatable bonds is 3. The highest BCUT2D eigenvalue weighted by Crippen LogP contribution is 2.18. The van der Waals surface area contributed by atoms with Crippen LogP contribution < -0.4 is 5.73 Å². The van der Waals surface area contributed by atoms with Gasteiger partial charge in [0.2, 0.25) is 0 Å². The summed E-state index contributed by atoms with van der Waals surface area (Å²) < 4.78 is 12.1. The van der Waals surface area contributed by atoms with Gasteiger partial charge in [0.25, 0.3) is 0 Å². The zero-order valence-corrected chi connectivity index (χ0v) is 7.83. The molecule has 0 aliphatic carbocycles. The third-order valence-corrected chi connectivity index (χ3v) is 2.61. The molecular formula is C9H12FNS. The summed E-state index contributed by atoms with van der Waals surface area (Å²) in [5.74, 6) is 0. The molecule has 0 unspecified atom stereocenters. The van der Waals surface area contributed by atoms with E-state index in [2.05, 4.69) is 0 Å². The fourth-order valence-corrected chi connectivity index (χ4v) is 1.90. The maximum absolute atomic E-state index is 12.1. The van der Waals surface area contributed by atoms with Crippen LogP contribution in [0.3, 0.4) is 0 Å². The van der Waals surface area contributed by atoms with Crippen molar-refractivity contribution < 1.29 is 4.39 Å². The van der Waals surface area contributed by atoms with Gasteiger partial charge < -0.3 is 5.73 Å². The summed E-state index contributed by atoms with van der Waals surface area (Å²) in [5, 5.41) is 0. The molecular weight excluding hydrogens is 173 g/mol. The molecule has 12 heavy (non-hydrogen) atoms. The van der Waals surface area contributed by atoms with E-state index in [0.29, 0.717) is 24.9 Å². The normalized spacial score (nSPS) is 12.1. The first kappa shape index (κ1) is 9.42. The van der Waals surface area contributed by atoms with Crippen molar-refractivity contribution >= 4 is 11.3 Å². The van der Waals surface area contributed by atoms with Gasteiger partial charge >= 0.3 is 0 Å². The molecule has 1 aromatic heterocycles. The zero-order valence-electron chi connectivity index (χ0n) is 7.01. The summed E-state index contributed by atoms with van der Waals surface area (Å²) >= 11 is 1.68. The van der Waals surface area contributed by atoms with Crippen LogP contribution in [0.4, 0.5) is 4.39 Å². The molecule has 0 aromatic carbocycles. The van der Waals surface area contributed by atoms with E-state index < -0.39 is 0 Å². The second-order valence-electron chi connectivity index (χ2n) is 2.66. The smallest absolute Gasteiger partial charge is 0.0875 e. The largest absolute Gasteiger partial charge is 0.327 e. The Bertz CT molecular complexity index is 278. The van der Waals surface area contributed by atoms with Crippen molar-refractivity contribution in [3.8, 4) is 0 Å². The maximum atomic E-state index is 12.1. The number of hydrogen-bond acceptors (Lipinski definition) is 2. The molecule has 0 radical (unpaired) electrons. The van der Waals surface area contributed by atoms with Gasteiger partial charge in [0.05, 0.1) is 6.33 Å². The summed E-state index contributed by atoms with van der Waals surface area (Å²) in [6.07, 6.45) is 1.25. The van der Waals surface area contributed by atoms with Gasteiger partial charge in [0, 0.05) is 22.7 Å². The number of halogens is 1. The van der Waals surface area contributed by atoms with Gasteiger partial charge in [-0.05, 0) is 24.6 Å². The lowest BCUT2D eigenvalue weighted by molar-refractivity contribution is 0.700. The first-order valence-corrected chi connectivity index (χ1v) is 4.61. The van der Waals surface area contributed by atoms with E-state index in [-0.39, 0.29) is 0 Å². The molecule has 0 atom stereocenters. The molecule has 0 aliphatic rings. The zero-order chi connectivity index (χ0) is 8.97. The monoisotopic (exact) mass is 185 g/mol. The van der Waals surface area contributed by atoms with Crippen LogP contribution in [0.15, 0.2) is 24.0 Å². The Hall–Kier alpha value is -0.670. The SMILES string of the molecule is Cc1ccc(CC(=CF)CN)s1. The molecule has 0 fully saturated rings. The lowest BCUT2D eigenvalue weighted by Crippen LogP contribution is -2.04. The van der Waals surface area contributed by atoms with Crippen LogP contribution in [-0.4, -0.2) is 6.54 Å². The van der Waals surface area contributed by atoms with E-state index in [1.54, 1.807) is 11.3 Å². The fraction of sp³-hybridized carbons (Fsp3) is 0.333. The quantitative estimate of drug-likeness (QED) is 0.769. The van der Waals surface area contributed by atoms with Crippen LogP contribution in [0.1, 0.15) is 9.75 Å². The Morgan fingerprint density at radius 1 is 1.67 bits per heavy atom. The van der Waals surface area contributed by atoms with Crippen LogP contribution in [-0.2, 0) is 6.42 Å². The molecule has 2 N–H and O–H groups in total. The van der Waals surface area contributed by atoms with Crippen LogP contribution in [0.5, 0.6) is 0 Å². The Morgan fingerprint density at radius 2 is 2.42 bits per heavy atom. The molecule has 3 heteroatoms. The van der Waals surface area contributed by atoms with Crippen molar-refractivity contribution in [2.24, 2.45) is 5.73 Å². The molecule has 0 saturated heterocycles. The third-order valence-electron chi connectivity index (χ3n) is 1.61. The lowest BCUT2D eigenvalue weighted by Gasteiger charge is -1.98. The average Bonchev–Trinajstić information content (AvgIpc) is 2.47. The van der Waals surface area contributed by atoms with Crippen LogP contribution in [0.25, 0.3) is 0 Å². The molecule has 1 nitrogen and oxygen atoms in total. The number of thiophene rings is 1. The average molecular weight is 185 g/mol. The molecule has 1 aromatic rings. The summed E-state index contributed by atoms with van der Waals surface area (Å²) in [6.45, 7) is 2.34. The summed E-state index contributed by atoms with van der Waals surface area (Å²) in [4.78, 5) is 2.42. The van der Waals surface area contributed by atoms with Gasteiger partial charge in [-0.15, -0.1) is 11.3 Å². The van der Waals surface area contributed by atoms with Crippen molar-refractivity contribution in [1.29, 1.82) is 0 Å². The maximum Gasteiger partial charge on any atom is 0.0875 e. The topological polar surface area (TPSA) is 26.0 Å². The molecule has 0 spiro atoms. The predicted molar refractivity (Wildman–Crippen MR) is 51.0 cm³/mol. The van der Waals surface area contributed by atoms with Crippen molar-refractivity contribution in [3.63, 3.8) is 0 Å². The lowest BCUT2D eigenvalue weighted by atomic mass is 10.2. The highest BCUT2D eigenvalue weighted by molar-refractivity contribution is 7.11. The summed E-state index contributed by atoms with van der Waals surface area (Å²) in [5.41, 5.74) is 5.98. The first-order chi connectivity index (χ1) is 5.76. The van der Waals surface area contributed by atoms with Crippen LogP contribution in [0, 0.1) is 6.92 Å². The molecule has 0 saturated carbocycles. The Morgan fingerprint density at radius 3 is 2.83 bits per heavy atom. The van der Waals surface area contributed by atoms with Gasteiger partial charge in [-0.25, -0.2) is 4.39 Å². The van der Waals surface area contributed by atoms with Crippen LogP contribution in [0.2, 0.25) is 0 Å². The fourth-order valence-electron chi connectivity index (χ4n) is 0.959. The van der Waals surface area contributed by atoms with E-state index >= 15 is 0 Å². The highest BCUT2D eigenvalue weighted by Gasteiger charge is 2.00. The van der Waals surface area contributed by atoms with Crippen molar-refractivity contribution in [2.45, 2.75) is 13.3 Å². The third kappa shape index (κ3) is 2.43. The number of aryl methyl sites for hydroxylation is 1. The van der Waals surface area contributed by atoms with Crippen molar-refractivity contribution in [2.75, 3.05) is 6.54 Å². The molecule has 1 heterocycles. The Kier molecular flexibility index (Phi) is 3.44. The molecule has 0 aliphatic heterocycles. The van der Waals surface area contributed by atoms with Gasteiger partial charge in [0.1, 0.15) is 0 Å². The molecule has 1 rings (SSSR count). The predicted octanol–water partition coefficient (Wildman–Crippen LogP) is 2.41. The van der Waals surface area contributed by atoms with E-state index in [0.717, 1.165) is 0 Å². The highest BCUT2D eigenvalue weighted by atomic mass is 32.1. The van der Waals surface area contributed by atoms with E-state index in [9.17, 15) is 4.39 Å². The van der Waals surface area contributed by atoms with E-state index in [1.165, 1.54) is 9.75 Å². The van der Waals surface area contributed by atoms with Crippen molar-refractivity contribution in [1.82, 2.24) is 0 Å². The Labute approximate surface area is 75.7 Å². The number of nitrogens with two attached hydrogens (primary N) is 1. The van der Waals surface area contributed by atoms with Gasteiger partial charge in [-0.2, -0.15) is 0 Å². The van der Waals surface area contributed by atoms with Gasteiger partial charge in [-0.1, -0.05) is 0 Å². The minimum Gasteiger partial charge on any atom is -0.327 e. The van der Waals surface area contributed by atoms with Gasteiger partial charge in [-0.3, -0.25) is 0 Å². The molecule has 66 valence electrons. The second-order valence-corrected chi connectivity index (χ2v) is 4.03. The van der Waals surface area contributed by atoms with E-state index in [4.69, 9.17) is 5.73 Å².